The number of ketones is 1. The highest BCUT2D eigenvalue weighted by Crippen LogP contribution is 2.77. The third-order valence-corrected chi connectivity index (χ3v) is 17.7. The molecule has 8 N–H and O–H groups in total. The molecule has 3 saturated carbocycles. The third kappa shape index (κ3) is 5.93. The van der Waals surface area contributed by atoms with Gasteiger partial charge < -0.3 is 55.1 Å². The maximum absolute atomic E-state index is 15.1. The number of carbonyl (C=O) groups excluding carboxylic acids is 2. The zero-order valence-corrected chi connectivity index (χ0v) is 35.4. The molecule has 17 atom stereocenters. The summed E-state index contributed by atoms with van der Waals surface area (Å²) < 4.78 is 18.0. The van der Waals surface area contributed by atoms with Gasteiger partial charge >= 0.3 is 0 Å². The summed E-state index contributed by atoms with van der Waals surface area (Å²) in [5.41, 5.74) is -5.07. The molecule has 328 valence electrons. The van der Waals surface area contributed by atoms with Gasteiger partial charge in [0, 0.05) is 69.5 Å². The highest BCUT2D eigenvalue weighted by atomic mass is 16.6. The lowest BCUT2D eigenvalue weighted by atomic mass is 9.37. The van der Waals surface area contributed by atoms with Crippen LogP contribution < -0.4 is 10.6 Å². The summed E-state index contributed by atoms with van der Waals surface area (Å²) in [6, 6.07) is -0.876. The zero-order valence-electron chi connectivity index (χ0n) is 35.4. The van der Waals surface area contributed by atoms with Crippen molar-refractivity contribution in [2.45, 2.75) is 158 Å². The summed E-state index contributed by atoms with van der Waals surface area (Å²) in [5, 5.41) is 79.8. The summed E-state index contributed by atoms with van der Waals surface area (Å²) >= 11 is 0. The van der Waals surface area contributed by atoms with Gasteiger partial charge in [-0.05, 0) is 106 Å². The number of aliphatic hydroxyl groups is 6. The van der Waals surface area contributed by atoms with Gasteiger partial charge in [0.25, 0.3) is 0 Å². The second-order valence-corrected chi connectivity index (χ2v) is 20.7. The fourth-order valence-electron chi connectivity index (χ4n) is 14.5. The van der Waals surface area contributed by atoms with Crippen LogP contribution in [0.1, 0.15) is 98.3 Å². The second kappa shape index (κ2) is 14.5. The van der Waals surface area contributed by atoms with Crippen LogP contribution in [0, 0.1) is 57.7 Å². The number of allylic oxidation sites excluding steroid dienone is 1. The van der Waals surface area contributed by atoms with Gasteiger partial charge in [-0.3, -0.25) is 14.9 Å². The lowest BCUT2D eigenvalue weighted by Crippen LogP contribution is -2.71. The largest absolute Gasteiger partial charge is 0.392 e. The van der Waals surface area contributed by atoms with E-state index >= 15 is 4.79 Å². The highest BCUT2D eigenvalue weighted by molar-refractivity contribution is 6.01. The van der Waals surface area contributed by atoms with Crippen molar-refractivity contribution in [1.82, 2.24) is 15.5 Å². The molecule has 6 fully saturated rings. The molecule has 1 amide bonds. The summed E-state index contributed by atoms with van der Waals surface area (Å²) in [5.74, 6) is 1.58. The SMILES string of the molecule is COCCCOC1CCC2(C)C(C1)C(=O)C1=C3C24C#CCC2CN2C(=O)C2CC5C(CNCC(C)O)C(OC5C(O)N2)C(O)(O)C(C)(O)C2CC(CC1)C3(O)C2(C)CC4. The number of amides is 1. The number of ether oxygens (including phenoxy) is 3. The molecule has 0 radical (unpaired) electrons. The Morgan fingerprint density at radius 3 is 2.56 bits per heavy atom. The van der Waals surface area contributed by atoms with Crippen molar-refractivity contribution in [2.24, 2.45) is 45.8 Å². The van der Waals surface area contributed by atoms with Crippen LogP contribution in [0.15, 0.2) is 11.1 Å². The van der Waals surface area contributed by atoms with Crippen molar-refractivity contribution in [1.29, 1.82) is 0 Å². The number of aliphatic hydroxyl groups excluding tert-OH is 2. The van der Waals surface area contributed by atoms with Crippen molar-refractivity contribution < 1.29 is 54.4 Å². The van der Waals surface area contributed by atoms with Crippen LogP contribution in [0.25, 0.3) is 0 Å². The fourth-order valence-corrected chi connectivity index (χ4v) is 14.5. The first-order chi connectivity index (χ1) is 27.9. The van der Waals surface area contributed by atoms with E-state index in [0.29, 0.717) is 75.9 Å². The van der Waals surface area contributed by atoms with Crippen LogP contribution in [-0.4, -0.2) is 147 Å². The number of hydrogen-bond acceptors (Lipinski definition) is 13. The fraction of sp³-hybridized carbons (Fsp3) is 0.867. The van der Waals surface area contributed by atoms with Gasteiger partial charge in [0.15, 0.2) is 5.78 Å². The molecule has 5 aliphatic heterocycles. The highest BCUT2D eigenvalue weighted by Gasteiger charge is 2.79. The van der Waals surface area contributed by atoms with Crippen molar-refractivity contribution >= 4 is 11.7 Å². The molecule has 14 heteroatoms. The molecule has 7 bridgehead atoms. The topological polar surface area (TPSA) is 210 Å². The Bertz CT molecular complexity index is 1810. The van der Waals surface area contributed by atoms with E-state index in [2.05, 4.69) is 29.4 Å². The lowest BCUT2D eigenvalue weighted by Gasteiger charge is -2.67. The summed E-state index contributed by atoms with van der Waals surface area (Å²) in [4.78, 5) is 30.9. The van der Waals surface area contributed by atoms with E-state index in [1.165, 1.54) is 6.92 Å². The van der Waals surface area contributed by atoms with Crippen LogP contribution in [0.2, 0.25) is 0 Å². The maximum Gasteiger partial charge on any atom is 0.240 e. The van der Waals surface area contributed by atoms with Gasteiger partial charge in [-0.1, -0.05) is 19.8 Å². The Labute approximate surface area is 347 Å². The van der Waals surface area contributed by atoms with Crippen molar-refractivity contribution in [2.75, 3.05) is 40.0 Å². The van der Waals surface area contributed by atoms with E-state index in [1.807, 2.05) is 6.92 Å². The number of piperidine rings is 1. The number of nitrogens with one attached hydrogen (secondary N) is 2. The monoisotopic (exact) mass is 825 g/mol. The van der Waals surface area contributed by atoms with Gasteiger partial charge in [-0.25, -0.2) is 0 Å². The molecule has 5 aliphatic carbocycles. The van der Waals surface area contributed by atoms with Crippen molar-refractivity contribution in [3.63, 3.8) is 0 Å². The van der Waals surface area contributed by atoms with Crippen LogP contribution in [-0.2, 0) is 23.8 Å². The average Bonchev–Trinajstić information content (AvgIpc) is 3.79. The number of nitrogens with zero attached hydrogens (tertiary/aromatic N) is 1. The molecule has 0 aromatic carbocycles. The smallest absolute Gasteiger partial charge is 0.240 e. The Hall–Kier alpha value is -2.00. The zero-order chi connectivity index (χ0) is 42.1. The Morgan fingerprint density at radius 1 is 1.03 bits per heavy atom. The Kier molecular flexibility index (Phi) is 10.4. The van der Waals surface area contributed by atoms with Crippen molar-refractivity contribution in [3.05, 3.63) is 11.1 Å². The number of Topliss-reactive ketones (excluding diaryl/α,β-unsaturated/α-hetero) is 1. The van der Waals surface area contributed by atoms with E-state index in [1.54, 1.807) is 18.9 Å². The number of methoxy groups -OCH3 is 1. The number of carbonyl (C=O) groups is 2. The van der Waals surface area contributed by atoms with Gasteiger partial charge in [0.05, 0.1) is 35.3 Å². The molecule has 5 heterocycles. The molecule has 10 aliphatic rings. The number of hydrogen-bond donors (Lipinski definition) is 8. The molecule has 59 heavy (non-hydrogen) atoms. The first kappa shape index (κ1) is 42.3. The molecule has 17 unspecified atom stereocenters. The Balaban J connectivity index is 1.17. The molecule has 3 saturated heterocycles. The predicted octanol–water partition coefficient (Wildman–Crippen LogP) is 0.742. The first-order valence-corrected chi connectivity index (χ1v) is 22.4. The second-order valence-electron chi connectivity index (χ2n) is 20.7. The Morgan fingerprint density at radius 2 is 1.81 bits per heavy atom. The van der Waals surface area contributed by atoms with Crippen LogP contribution in [0.5, 0.6) is 0 Å². The number of rotatable bonds is 9. The average molecular weight is 826 g/mol. The minimum Gasteiger partial charge on any atom is -0.392 e. The minimum absolute atomic E-state index is 0.0516. The van der Waals surface area contributed by atoms with E-state index in [9.17, 15) is 35.4 Å². The van der Waals surface area contributed by atoms with E-state index < -0.39 is 81.6 Å². The molecular weight excluding hydrogens is 759 g/mol. The third-order valence-electron chi connectivity index (χ3n) is 17.7. The van der Waals surface area contributed by atoms with Gasteiger partial charge in [0.2, 0.25) is 11.7 Å². The molecule has 10 rings (SSSR count). The summed E-state index contributed by atoms with van der Waals surface area (Å²) in [6.45, 7) is 9.27. The first-order valence-electron chi connectivity index (χ1n) is 22.4. The van der Waals surface area contributed by atoms with Crippen LogP contribution in [0.3, 0.4) is 0 Å². The summed E-state index contributed by atoms with van der Waals surface area (Å²) in [7, 11) is 1.67. The molecule has 0 aromatic rings. The maximum atomic E-state index is 15.1. The van der Waals surface area contributed by atoms with Gasteiger partial charge in [-0.15, -0.1) is 5.92 Å². The molecule has 14 nitrogen and oxygen atoms in total. The standard InChI is InChI=1S/C45H67N3O11/c1-24(49)21-46-22-30-29-20-32-39(52)48-23-26(48)8-6-12-43-15-14-41(3)33(42(4,53)45(55,56)37(30)59-35(29)38(51)47-32)18-25-9-10-28(36(43)44(25,41)54)34(50)31-19-27(11-13-40(31,43)2)58-17-7-16-57-5/h24-27,29-33,35,37-38,46-47,49,51,53-56H,7-11,13-23H2,1-5H3. The molecule has 0 aromatic heterocycles. The summed E-state index contributed by atoms with van der Waals surface area (Å²) in [6.07, 6.45) is 1.28. The normalized spacial score (nSPS) is 49.8. The predicted molar refractivity (Wildman–Crippen MR) is 213 cm³/mol. The van der Waals surface area contributed by atoms with Crippen molar-refractivity contribution in [3.8, 4) is 11.8 Å². The molecule has 1 spiro atoms. The lowest BCUT2D eigenvalue weighted by molar-refractivity contribution is -0.344. The van der Waals surface area contributed by atoms with Gasteiger partial charge in [0.1, 0.15) is 24.0 Å². The van der Waals surface area contributed by atoms with E-state index in [4.69, 9.17) is 14.2 Å². The number of fused-ring (bicyclic) bond motifs is 4. The quantitative estimate of drug-likeness (QED) is 0.0700. The minimum atomic E-state index is -2.89. The van der Waals surface area contributed by atoms with E-state index in [0.717, 1.165) is 12.8 Å². The van der Waals surface area contributed by atoms with Crippen LogP contribution in [0.4, 0.5) is 0 Å². The molecular formula is C45H67N3O11. The van der Waals surface area contributed by atoms with E-state index in [-0.39, 0.29) is 61.6 Å². The van der Waals surface area contributed by atoms with Gasteiger partial charge in [-0.2, -0.15) is 0 Å². The van der Waals surface area contributed by atoms with Crippen LogP contribution >= 0.6 is 0 Å².